The van der Waals surface area contributed by atoms with E-state index in [0.717, 1.165) is 81.5 Å². The van der Waals surface area contributed by atoms with Gasteiger partial charge in [0.05, 0.1) is 48.7 Å². The first-order chi connectivity index (χ1) is 19.9. The van der Waals surface area contributed by atoms with Crippen LogP contribution in [0.1, 0.15) is 13.9 Å². The van der Waals surface area contributed by atoms with Crippen LogP contribution >= 0.6 is 0 Å². The number of fused-ring (bicyclic) bond motifs is 1. The molecule has 0 unspecified atom stereocenters. The molecule has 2 aromatic heterocycles. The summed E-state index contributed by atoms with van der Waals surface area (Å²) in [7, 11) is 1.71. The smallest absolute Gasteiger partial charge is 0.128 e. The summed E-state index contributed by atoms with van der Waals surface area (Å²) in [5.41, 5.74) is 9.47. The minimum atomic E-state index is 0.00940. The fraction of sp³-hybridized carbons (Fsp3) is 0.500. The molecular weight excluding hydrogens is 504 g/mol. The van der Waals surface area contributed by atoms with Crippen molar-refractivity contribution in [1.82, 2.24) is 14.9 Å². The van der Waals surface area contributed by atoms with Crippen LogP contribution in [0, 0.1) is 11.3 Å². The number of aromatic nitrogens is 2. The first-order valence-electron chi connectivity index (χ1n) is 14.6. The summed E-state index contributed by atoms with van der Waals surface area (Å²) >= 11 is 0. The lowest BCUT2D eigenvalue weighted by atomic mass is 10.1. The van der Waals surface area contributed by atoms with Gasteiger partial charge in [0.2, 0.25) is 0 Å². The van der Waals surface area contributed by atoms with E-state index in [1.165, 1.54) is 0 Å². The number of nitrogens with two attached hydrogens (primary N) is 1. The van der Waals surface area contributed by atoms with Gasteiger partial charge in [-0.2, -0.15) is 5.26 Å². The lowest BCUT2D eigenvalue weighted by Gasteiger charge is -2.42. The van der Waals surface area contributed by atoms with Gasteiger partial charge in [-0.25, -0.2) is 4.98 Å². The topological polar surface area (TPSA) is 107 Å². The number of benzene rings is 1. The molecule has 0 bridgehead atoms. The molecule has 0 spiro atoms. The number of hydrogen-bond acceptors (Lipinski definition) is 10. The molecule has 40 heavy (non-hydrogen) atoms. The van der Waals surface area contributed by atoms with Gasteiger partial charge in [0.1, 0.15) is 11.9 Å². The minimum absolute atomic E-state index is 0.00940. The Hall–Kier alpha value is -3.49. The molecule has 4 atom stereocenters. The Labute approximate surface area is 237 Å². The van der Waals surface area contributed by atoms with Crippen LogP contribution in [0.25, 0.3) is 10.9 Å². The van der Waals surface area contributed by atoms with E-state index >= 15 is 0 Å². The highest BCUT2D eigenvalue weighted by molar-refractivity contribution is 5.95. The van der Waals surface area contributed by atoms with Gasteiger partial charge in [0.15, 0.2) is 0 Å². The molecule has 5 heterocycles. The van der Waals surface area contributed by atoms with Crippen molar-refractivity contribution in [2.45, 2.75) is 31.3 Å². The third-order valence-corrected chi connectivity index (χ3v) is 8.35. The van der Waals surface area contributed by atoms with Crippen LogP contribution in [0.5, 0.6) is 0 Å². The number of piperazine rings is 1. The maximum atomic E-state index is 9.56. The van der Waals surface area contributed by atoms with Crippen molar-refractivity contribution >= 4 is 28.1 Å². The van der Waals surface area contributed by atoms with E-state index < -0.39 is 0 Å². The van der Waals surface area contributed by atoms with Gasteiger partial charge in [-0.05, 0) is 43.3 Å². The number of ether oxygens (including phenoxy) is 2. The Morgan fingerprint density at radius 1 is 1.05 bits per heavy atom. The fourth-order valence-corrected chi connectivity index (χ4v) is 6.28. The number of nitriles is 1. The zero-order valence-electron chi connectivity index (χ0n) is 24.2. The number of nitrogens with zero attached hydrogens (tertiary/aromatic N) is 7. The van der Waals surface area contributed by atoms with Crippen molar-refractivity contribution in [3.8, 4) is 6.07 Å². The molecule has 3 aliphatic rings. The van der Waals surface area contributed by atoms with Crippen LogP contribution in [-0.4, -0.2) is 105 Å². The van der Waals surface area contributed by atoms with Gasteiger partial charge in [0.25, 0.3) is 0 Å². The maximum Gasteiger partial charge on any atom is 0.128 e. The lowest BCUT2D eigenvalue weighted by Crippen LogP contribution is -2.54. The number of morpholine rings is 1. The van der Waals surface area contributed by atoms with E-state index in [0.29, 0.717) is 11.1 Å². The van der Waals surface area contributed by atoms with Crippen molar-refractivity contribution in [2.75, 3.05) is 80.7 Å². The number of rotatable bonds is 6. The van der Waals surface area contributed by atoms with Gasteiger partial charge >= 0.3 is 0 Å². The Morgan fingerprint density at radius 3 is 2.62 bits per heavy atom. The highest BCUT2D eigenvalue weighted by Gasteiger charge is 2.32. The summed E-state index contributed by atoms with van der Waals surface area (Å²) in [4.78, 5) is 18.5. The first-order valence-corrected chi connectivity index (χ1v) is 14.1. The van der Waals surface area contributed by atoms with Gasteiger partial charge < -0.3 is 29.9 Å². The van der Waals surface area contributed by atoms with Gasteiger partial charge in [0, 0.05) is 83.3 Å². The van der Waals surface area contributed by atoms with Gasteiger partial charge in [-0.15, -0.1) is 0 Å². The average molecular weight is 544 g/mol. The molecule has 3 saturated heterocycles. The number of methoxy groups -OCH3 is 1. The molecule has 0 radical (unpaired) electrons. The Morgan fingerprint density at radius 2 is 1.90 bits per heavy atom. The van der Waals surface area contributed by atoms with E-state index in [1.807, 2.05) is 24.4 Å². The summed E-state index contributed by atoms with van der Waals surface area (Å²) in [5, 5.41) is 10.5. The van der Waals surface area contributed by atoms with Crippen LogP contribution in [0.3, 0.4) is 0 Å². The molecule has 10 nitrogen and oxygen atoms in total. The van der Waals surface area contributed by atoms with E-state index in [1.54, 1.807) is 13.2 Å². The summed E-state index contributed by atoms with van der Waals surface area (Å²) in [6, 6.07) is 13.9. The molecule has 0 aliphatic carbocycles. The summed E-state index contributed by atoms with van der Waals surface area (Å²) < 4.78 is 19.8. The average Bonchev–Trinajstić information content (AvgIpc) is 3.37. The molecule has 3 aromatic rings. The van der Waals surface area contributed by atoms with Crippen molar-refractivity contribution in [2.24, 2.45) is 5.73 Å². The zero-order valence-corrected chi connectivity index (χ0v) is 23.2. The molecule has 210 valence electrons. The molecule has 1 aromatic carbocycles. The standard InChI is InChI=1S/C30H38N8O2/c1-21-16-37(27-7-5-22(14-31)30-25(27)4-3-9-33-30)18-24(40-21)17-35-10-12-36(13-11-35)23-6-8-29(34-15-23)38-19-26(32)28(20-38)39-2/h3-9,15,21,24,26,28H,10-13,16-20,32H2,1-2H3/t21-,24+,26-,28-/m1/s1/i9D. The van der Waals surface area contributed by atoms with E-state index in [2.05, 4.69) is 49.7 Å². The third kappa shape index (κ3) is 5.43. The summed E-state index contributed by atoms with van der Waals surface area (Å²) in [6.45, 7) is 9.85. The molecule has 2 N–H and O–H groups in total. The highest BCUT2D eigenvalue weighted by Crippen LogP contribution is 2.30. The van der Waals surface area contributed by atoms with Crippen LogP contribution < -0.4 is 20.4 Å². The minimum Gasteiger partial charge on any atom is -0.378 e. The Bertz CT molecular complexity index is 1410. The quantitative estimate of drug-likeness (QED) is 0.497. The molecule has 3 aliphatic heterocycles. The lowest BCUT2D eigenvalue weighted by molar-refractivity contribution is -0.0327. The third-order valence-electron chi connectivity index (χ3n) is 8.35. The predicted molar refractivity (Wildman–Crippen MR) is 157 cm³/mol. The maximum absolute atomic E-state index is 9.56. The molecule has 0 saturated carbocycles. The van der Waals surface area contributed by atoms with Crippen LogP contribution in [0.2, 0.25) is 0 Å². The monoisotopic (exact) mass is 543 g/mol. The highest BCUT2D eigenvalue weighted by atomic mass is 16.5. The number of pyridine rings is 2. The Balaban J connectivity index is 1.06. The van der Waals surface area contributed by atoms with E-state index in [9.17, 15) is 5.26 Å². The number of anilines is 3. The first kappa shape index (κ1) is 25.5. The molecular formula is C30H38N8O2. The normalized spacial score (nSPS) is 26.2. The molecule has 3 fully saturated rings. The van der Waals surface area contributed by atoms with Crippen molar-refractivity contribution < 1.29 is 10.8 Å². The fourth-order valence-electron chi connectivity index (χ4n) is 6.28. The molecule has 0 amide bonds. The SMILES string of the molecule is [2H]c1ccc2c(N3C[C@H](CN4CCN(c5ccc(N6C[C@@H](N)[C@H](OC)C6)nc5)CC4)O[C@H](C)C3)ccc(C#N)c2n1. The van der Waals surface area contributed by atoms with E-state index in [-0.39, 0.29) is 30.5 Å². The van der Waals surface area contributed by atoms with Crippen LogP contribution in [-0.2, 0) is 9.47 Å². The molecule has 10 heteroatoms. The largest absolute Gasteiger partial charge is 0.378 e. The second-order valence-corrected chi connectivity index (χ2v) is 11.1. The van der Waals surface area contributed by atoms with Crippen molar-refractivity contribution in [1.29, 1.82) is 5.26 Å². The van der Waals surface area contributed by atoms with Gasteiger partial charge in [-0.3, -0.25) is 9.88 Å². The predicted octanol–water partition coefficient (Wildman–Crippen LogP) is 2.08. The van der Waals surface area contributed by atoms with Crippen LogP contribution in [0.4, 0.5) is 17.2 Å². The second-order valence-electron chi connectivity index (χ2n) is 11.1. The second kappa shape index (κ2) is 11.6. The zero-order chi connectivity index (χ0) is 28.5. The van der Waals surface area contributed by atoms with E-state index in [4.69, 9.17) is 21.6 Å². The molecule has 6 rings (SSSR count). The van der Waals surface area contributed by atoms with Crippen LogP contribution in [0.15, 0.2) is 48.8 Å². The van der Waals surface area contributed by atoms with Gasteiger partial charge in [-0.1, -0.05) is 0 Å². The Kier molecular flexibility index (Phi) is 7.36. The van der Waals surface area contributed by atoms with Crippen molar-refractivity contribution in [3.05, 3.63) is 54.3 Å². The van der Waals surface area contributed by atoms with Crippen molar-refractivity contribution in [3.63, 3.8) is 0 Å². The summed E-state index contributed by atoms with van der Waals surface area (Å²) in [5.74, 6) is 0.946. The number of hydrogen-bond donors (Lipinski definition) is 1. The summed E-state index contributed by atoms with van der Waals surface area (Å²) in [6.07, 6.45) is 2.34.